The minimum absolute atomic E-state index is 0.0775. The maximum Gasteiger partial charge on any atom is 0.411 e. The lowest BCUT2D eigenvalue weighted by molar-refractivity contribution is 0.0175. The summed E-state index contributed by atoms with van der Waals surface area (Å²) in [6, 6.07) is 13.0. The van der Waals surface area contributed by atoms with E-state index in [1.165, 1.54) is 19.3 Å². The Hall–Kier alpha value is -4.31. The number of aromatic nitrogens is 4. The number of hydrogen-bond acceptors (Lipinski definition) is 4. The highest BCUT2D eigenvalue weighted by Gasteiger charge is 2.56. The van der Waals surface area contributed by atoms with Crippen LogP contribution in [0.2, 0.25) is 0 Å². The number of H-pyrrole nitrogens is 2. The summed E-state index contributed by atoms with van der Waals surface area (Å²) in [5, 5.41) is 0. The molecule has 1 saturated heterocycles. The maximum absolute atomic E-state index is 13.0. The first kappa shape index (κ1) is 28.2. The third-order valence-electron chi connectivity index (χ3n) is 10.3. The molecule has 1 amide bonds. The van der Waals surface area contributed by atoms with Gasteiger partial charge in [0.2, 0.25) is 0 Å². The maximum atomic E-state index is 13.0. The van der Waals surface area contributed by atoms with Crippen LogP contribution in [0.15, 0.2) is 48.8 Å². The Labute approximate surface area is 265 Å². The van der Waals surface area contributed by atoms with Gasteiger partial charge in [-0.25, -0.2) is 14.8 Å². The Kier molecular flexibility index (Phi) is 6.50. The molecule has 3 saturated carbocycles. The number of aromatic amines is 2. The minimum atomic E-state index is -0.521. The lowest BCUT2D eigenvalue weighted by atomic mass is 10.0. The fraction of sp³-hybridized carbons (Fsp3) is 0.447. The van der Waals surface area contributed by atoms with Gasteiger partial charge in [0, 0.05) is 23.1 Å². The largest absolute Gasteiger partial charge is 0.444 e. The molecule has 6 atom stereocenters. The van der Waals surface area contributed by atoms with E-state index in [-0.39, 0.29) is 18.2 Å². The predicted molar refractivity (Wildman–Crippen MR) is 174 cm³/mol. The van der Waals surface area contributed by atoms with Gasteiger partial charge in [-0.3, -0.25) is 4.90 Å². The summed E-state index contributed by atoms with van der Waals surface area (Å²) in [6.45, 7) is 9.95. The lowest BCUT2D eigenvalue weighted by Gasteiger charge is -2.29. The zero-order valence-corrected chi connectivity index (χ0v) is 26.8. The fourth-order valence-electron chi connectivity index (χ4n) is 7.64. The van der Waals surface area contributed by atoms with E-state index in [1.807, 2.05) is 38.1 Å². The Morgan fingerprint density at radius 1 is 0.800 bits per heavy atom. The Bertz CT molecular complexity index is 1860. The molecule has 2 N–H and O–H groups in total. The van der Waals surface area contributed by atoms with E-state index in [0.717, 1.165) is 81.1 Å². The van der Waals surface area contributed by atoms with E-state index in [9.17, 15) is 4.79 Å². The zero-order chi connectivity index (χ0) is 31.0. The standard InChI is InChI=1S/C38H41N5O2/c1-21-12-25(31-19-39-35(41-31)30-15-27-14-28(27)16-30)10-8-23(21)6-7-24-9-11-26(13-22(24)2)32-20-40-36(42-32)34-18-29-17-33(29)43(34)37(44)45-38(3,4)5/h8-13,19-20,27-30,33-34H,14-18H2,1-5H3,(H,39,41)(H,40,42)/t27-,28+,29-,30?,33-,34+/m1/s1. The average Bonchev–Trinajstić information content (AvgIpc) is 3.57. The molecule has 45 heavy (non-hydrogen) atoms. The van der Waals surface area contributed by atoms with Gasteiger partial charge in [-0.1, -0.05) is 24.0 Å². The number of carbonyl (C=O) groups excluding carboxylic acids is 1. The predicted octanol–water partition coefficient (Wildman–Crippen LogP) is 8.07. The van der Waals surface area contributed by atoms with Gasteiger partial charge in [-0.2, -0.15) is 0 Å². The summed E-state index contributed by atoms with van der Waals surface area (Å²) in [6.07, 6.45) is 9.62. The van der Waals surface area contributed by atoms with Gasteiger partial charge in [0.25, 0.3) is 0 Å². The van der Waals surface area contributed by atoms with Crippen molar-refractivity contribution in [3.63, 3.8) is 0 Å². The first-order chi connectivity index (χ1) is 21.6. The number of benzene rings is 2. The second-order valence-electron chi connectivity index (χ2n) is 14.8. The number of nitrogens with one attached hydrogen (secondary N) is 2. The quantitative estimate of drug-likeness (QED) is 0.232. The lowest BCUT2D eigenvalue weighted by Crippen LogP contribution is -2.38. The summed E-state index contributed by atoms with van der Waals surface area (Å²) >= 11 is 0. The van der Waals surface area contributed by atoms with Gasteiger partial charge in [-0.15, -0.1) is 0 Å². The number of likely N-dealkylation sites (tertiary alicyclic amines) is 1. The van der Waals surface area contributed by atoms with Crippen LogP contribution in [0, 0.1) is 43.4 Å². The Balaban J connectivity index is 0.958. The molecule has 2 aromatic heterocycles. The Morgan fingerprint density at radius 2 is 1.38 bits per heavy atom. The third-order valence-corrected chi connectivity index (χ3v) is 10.3. The number of rotatable bonds is 4. The normalized spacial score (nSPS) is 26.2. The number of fused-ring (bicyclic) bond motifs is 2. The van der Waals surface area contributed by atoms with Gasteiger partial charge < -0.3 is 14.7 Å². The molecular formula is C38H41N5O2. The monoisotopic (exact) mass is 599 g/mol. The van der Waals surface area contributed by atoms with E-state index in [4.69, 9.17) is 14.7 Å². The molecule has 0 spiro atoms. The molecule has 0 bridgehead atoms. The second kappa shape index (κ2) is 10.4. The number of aryl methyl sites for hydroxylation is 2. The Morgan fingerprint density at radius 3 is 1.96 bits per heavy atom. The zero-order valence-electron chi connectivity index (χ0n) is 26.8. The summed E-state index contributed by atoms with van der Waals surface area (Å²) < 4.78 is 5.73. The molecule has 3 aliphatic carbocycles. The number of ether oxygens (including phenoxy) is 1. The van der Waals surface area contributed by atoms with Crippen LogP contribution < -0.4 is 0 Å². The smallest absolute Gasteiger partial charge is 0.411 e. The number of piperidine rings is 1. The van der Waals surface area contributed by atoms with Crippen molar-refractivity contribution in [3.8, 4) is 34.4 Å². The highest BCUT2D eigenvalue weighted by molar-refractivity contribution is 5.71. The average molecular weight is 600 g/mol. The van der Waals surface area contributed by atoms with Crippen molar-refractivity contribution < 1.29 is 9.53 Å². The number of nitrogens with zero attached hydrogens (tertiary/aromatic N) is 3. The van der Waals surface area contributed by atoms with Crippen LogP contribution in [0.3, 0.4) is 0 Å². The minimum Gasteiger partial charge on any atom is -0.444 e. The number of amides is 1. The van der Waals surface area contributed by atoms with Crippen LogP contribution in [0.5, 0.6) is 0 Å². The van der Waals surface area contributed by atoms with Crippen molar-refractivity contribution in [2.24, 2.45) is 17.8 Å². The number of hydrogen-bond donors (Lipinski definition) is 2. The molecule has 4 aromatic rings. The number of imidazole rings is 2. The topological polar surface area (TPSA) is 86.9 Å². The van der Waals surface area contributed by atoms with Gasteiger partial charge >= 0.3 is 6.09 Å². The molecule has 4 fully saturated rings. The molecule has 230 valence electrons. The van der Waals surface area contributed by atoms with Crippen LogP contribution >= 0.6 is 0 Å². The highest BCUT2D eigenvalue weighted by Crippen LogP contribution is 2.57. The molecule has 1 aliphatic heterocycles. The van der Waals surface area contributed by atoms with Crippen molar-refractivity contribution in [3.05, 3.63) is 82.7 Å². The molecule has 1 unspecified atom stereocenters. The van der Waals surface area contributed by atoms with E-state index in [1.54, 1.807) is 0 Å². The van der Waals surface area contributed by atoms with Crippen molar-refractivity contribution in [1.82, 2.24) is 24.8 Å². The van der Waals surface area contributed by atoms with Crippen molar-refractivity contribution >= 4 is 6.09 Å². The molecule has 7 heteroatoms. The van der Waals surface area contributed by atoms with E-state index in [0.29, 0.717) is 11.8 Å². The molecule has 0 radical (unpaired) electrons. The van der Waals surface area contributed by atoms with E-state index >= 15 is 0 Å². The second-order valence-corrected chi connectivity index (χ2v) is 14.8. The SMILES string of the molecule is Cc1cc(-c2cnc(C3C[C@@H]4C[C@@H]4C3)[nH]2)ccc1C#Cc1ccc(-c2cnc([C@@H]3C[C@H]4C[C@H]4N3C(=O)OC(C)(C)C)[nH]2)cc1C. The van der Waals surface area contributed by atoms with Crippen LogP contribution in [0.25, 0.3) is 22.5 Å². The summed E-state index contributed by atoms with van der Waals surface area (Å²) in [5.41, 5.74) is 8.01. The fourth-order valence-corrected chi connectivity index (χ4v) is 7.64. The summed E-state index contributed by atoms with van der Waals surface area (Å²) in [4.78, 5) is 31.5. The first-order valence-corrected chi connectivity index (χ1v) is 16.4. The van der Waals surface area contributed by atoms with Gasteiger partial charge in [0.1, 0.15) is 17.2 Å². The molecule has 3 heterocycles. The first-order valence-electron chi connectivity index (χ1n) is 16.4. The van der Waals surface area contributed by atoms with Crippen LogP contribution in [0.4, 0.5) is 4.79 Å². The molecular weight excluding hydrogens is 558 g/mol. The van der Waals surface area contributed by atoms with E-state index in [2.05, 4.69) is 72.1 Å². The van der Waals surface area contributed by atoms with Crippen molar-refractivity contribution in [2.75, 3.05) is 0 Å². The third kappa shape index (κ3) is 5.45. The van der Waals surface area contributed by atoms with E-state index < -0.39 is 5.60 Å². The molecule has 7 nitrogen and oxygen atoms in total. The van der Waals surface area contributed by atoms with Gasteiger partial charge in [0.05, 0.1) is 29.8 Å². The number of carbonyl (C=O) groups is 1. The summed E-state index contributed by atoms with van der Waals surface area (Å²) in [7, 11) is 0. The van der Waals surface area contributed by atoms with Gasteiger partial charge in [0.15, 0.2) is 0 Å². The summed E-state index contributed by atoms with van der Waals surface area (Å²) in [5.74, 6) is 11.8. The molecule has 8 rings (SSSR count). The van der Waals surface area contributed by atoms with Crippen LogP contribution in [0.1, 0.15) is 98.7 Å². The van der Waals surface area contributed by atoms with Gasteiger partial charge in [-0.05, 0) is 131 Å². The highest BCUT2D eigenvalue weighted by atomic mass is 16.6. The van der Waals surface area contributed by atoms with Crippen molar-refractivity contribution in [2.45, 2.75) is 90.3 Å². The molecule has 2 aromatic carbocycles. The van der Waals surface area contributed by atoms with Crippen LogP contribution in [-0.4, -0.2) is 42.6 Å². The van der Waals surface area contributed by atoms with Crippen molar-refractivity contribution in [1.29, 1.82) is 0 Å². The molecule has 4 aliphatic rings. The van der Waals surface area contributed by atoms with Crippen LogP contribution in [-0.2, 0) is 4.74 Å².